The zero-order chi connectivity index (χ0) is 13.9. The predicted molar refractivity (Wildman–Crippen MR) is 79.3 cm³/mol. The molecule has 1 aliphatic carbocycles. The van der Waals surface area contributed by atoms with Gasteiger partial charge in [-0.15, -0.1) is 0 Å². The summed E-state index contributed by atoms with van der Waals surface area (Å²) in [4.78, 5) is 12.5. The third kappa shape index (κ3) is 3.37. The highest BCUT2D eigenvalue weighted by Crippen LogP contribution is 2.32. The Balaban J connectivity index is 2.13. The van der Waals surface area contributed by atoms with Crippen LogP contribution in [0, 0.1) is 0 Å². The number of hydrogen-bond donors (Lipinski definition) is 1. The van der Waals surface area contributed by atoms with Crippen LogP contribution in [-0.2, 0) is 11.2 Å². The summed E-state index contributed by atoms with van der Waals surface area (Å²) in [7, 11) is 0. The Bertz CT molecular complexity index is 450. The number of amides is 1. The first-order chi connectivity index (χ1) is 9.03. The molecule has 0 saturated carbocycles. The molecule has 19 heavy (non-hydrogen) atoms. The van der Waals surface area contributed by atoms with Crippen LogP contribution in [0.3, 0.4) is 0 Å². The van der Waals surface area contributed by atoms with E-state index in [2.05, 4.69) is 44.3 Å². The summed E-state index contributed by atoms with van der Waals surface area (Å²) < 4.78 is 0. The molecule has 1 amide bonds. The van der Waals surface area contributed by atoms with E-state index in [1.165, 1.54) is 11.1 Å². The number of carbonyl (C=O) groups is 1. The molecule has 0 bridgehead atoms. The Morgan fingerprint density at radius 2 is 2.11 bits per heavy atom. The van der Waals surface area contributed by atoms with Crippen molar-refractivity contribution in [3.05, 3.63) is 35.4 Å². The fourth-order valence-electron chi connectivity index (χ4n) is 3.13. The molecule has 2 rings (SSSR count). The first kappa shape index (κ1) is 14.1. The van der Waals surface area contributed by atoms with Crippen molar-refractivity contribution >= 4 is 5.91 Å². The Kier molecular flexibility index (Phi) is 4.28. The molecule has 2 heteroatoms. The number of fused-ring (bicyclic) bond motifs is 1. The molecule has 0 heterocycles. The normalized spacial score (nSPS) is 18.8. The molecular weight excluding hydrogens is 234 g/mol. The second-order valence-corrected chi connectivity index (χ2v) is 6.27. The molecular formula is C17H25NO. The lowest BCUT2D eigenvalue weighted by molar-refractivity contribution is -0.124. The summed E-state index contributed by atoms with van der Waals surface area (Å²) in [5.41, 5.74) is 2.49. The number of nitrogens with one attached hydrogen (secondary N) is 1. The Hall–Kier alpha value is -1.31. The standard InChI is InChI=1S/C17H25NO/c1-4-12-17(2,3)18-16(19)15-11-7-9-13-8-5-6-10-14(13)15/h5-6,8,10,15H,4,7,9,11-12H2,1-3H3,(H,18,19). The molecule has 0 spiro atoms. The van der Waals surface area contributed by atoms with Crippen LogP contribution < -0.4 is 5.32 Å². The van der Waals surface area contributed by atoms with Crippen LogP contribution in [-0.4, -0.2) is 11.4 Å². The molecule has 0 saturated heterocycles. The molecule has 1 unspecified atom stereocenters. The van der Waals surface area contributed by atoms with Gasteiger partial charge in [-0.25, -0.2) is 0 Å². The minimum atomic E-state index is -0.0990. The SMILES string of the molecule is CCCC(C)(C)NC(=O)C1CCCc2ccccc21. The lowest BCUT2D eigenvalue weighted by Crippen LogP contribution is -2.45. The zero-order valence-corrected chi connectivity index (χ0v) is 12.3. The van der Waals surface area contributed by atoms with Crippen molar-refractivity contribution in [1.82, 2.24) is 5.32 Å². The molecule has 1 aromatic rings. The van der Waals surface area contributed by atoms with Gasteiger partial charge in [0.2, 0.25) is 5.91 Å². The molecule has 1 atom stereocenters. The van der Waals surface area contributed by atoms with Crippen molar-refractivity contribution < 1.29 is 4.79 Å². The number of hydrogen-bond acceptors (Lipinski definition) is 1. The Labute approximate surface area is 116 Å². The van der Waals surface area contributed by atoms with Crippen LogP contribution in [0.15, 0.2) is 24.3 Å². The van der Waals surface area contributed by atoms with Crippen LogP contribution in [0.1, 0.15) is 63.5 Å². The Morgan fingerprint density at radius 1 is 1.37 bits per heavy atom. The van der Waals surface area contributed by atoms with Gasteiger partial charge in [-0.05, 0) is 50.7 Å². The molecule has 1 aromatic carbocycles. The van der Waals surface area contributed by atoms with Gasteiger partial charge in [0.25, 0.3) is 0 Å². The maximum Gasteiger partial charge on any atom is 0.227 e. The van der Waals surface area contributed by atoms with E-state index in [-0.39, 0.29) is 17.4 Å². The molecule has 0 radical (unpaired) electrons. The predicted octanol–water partition coefficient (Wildman–Crippen LogP) is 3.80. The molecule has 2 nitrogen and oxygen atoms in total. The topological polar surface area (TPSA) is 29.1 Å². The zero-order valence-electron chi connectivity index (χ0n) is 12.3. The highest BCUT2D eigenvalue weighted by atomic mass is 16.2. The lowest BCUT2D eigenvalue weighted by Gasteiger charge is -2.31. The van der Waals surface area contributed by atoms with Gasteiger partial charge >= 0.3 is 0 Å². The summed E-state index contributed by atoms with van der Waals surface area (Å²) in [6.45, 7) is 6.38. The van der Waals surface area contributed by atoms with E-state index in [9.17, 15) is 4.79 Å². The van der Waals surface area contributed by atoms with Gasteiger partial charge in [0, 0.05) is 5.54 Å². The van der Waals surface area contributed by atoms with E-state index in [1.54, 1.807) is 0 Å². The van der Waals surface area contributed by atoms with Crippen molar-refractivity contribution in [2.45, 2.75) is 64.3 Å². The molecule has 0 aromatic heterocycles. The number of aryl methyl sites for hydroxylation is 1. The van der Waals surface area contributed by atoms with Crippen molar-refractivity contribution in [1.29, 1.82) is 0 Å². The average molecular weight is 259 g/mol. The Morgan fingerprint density at radius 3 is 2.84 bits per heavy atom. The monoisotopic (exact) mass is 259 g/mol. The van der Waals surface area contributed by atoms with Gasteiger partial charge in [0.1, 0.15) is 0 Å². The number of rotatable bonds is 4. The van der Waals surface area contributed by atoms with Crippen LogP contribution in [0.25, 0.3) is 0 Å². The molecule has 0 aliphatic heterocycles. The van der Waals surface area contributed by atoms with Crippen molar-refractivity contribution in [2.75, 3.05) is 0 Å². The molecule has 1 N–H and O–H groups in total. The van der Waals surface area contributed by atoms with Crippen LogP contribution in [0.5, 0.6) is 0 Å². The van der Waals surface area contributed by atoms with Crippen LogP contribution in [0.4, 0.5) is 0 Å². The molecule has 1 aliphatic rings. The van der Waals surface area contributed by atoms with Crippen LogP contribution >= 0.6 is 0 Å². The fraction of sp³-hybridized carbons (Fsp3) is 0.588. The van der Waals surface area contributed by atoms with Gasteiger partial charge in [-0.3, -0.25) is 4.79 Å². The fourth-order valence-corrected chi connectivity index (χ4v) is 3.13. The van der Waals surface area contributed by atoms with E-state index >= 15 is 0 Å². The van der Waals surface area contributed by atoms with Gasteiger partial charge in [-0.2, -0.15) is 0 Å². The highest BCUT2D eigenvalue weighted by molar-refractivity contribution is 5.84. The largest absolute Gasteiger partial charge is 0.351 e. The smallest absolute Gasteiger partial charge is 0.227 e. The first-order valence-electron chi connectivity index (χ1n) is 7.43. The van der Waals surface area contributed by atoms with Gasteiger partial charge in [0.05, 0.1) is 5.92 Å². The minimum absolute atomic E-state index is 0.0427. The van der Waals surface area contributed by atoms with Crippen molar-refractivity contribution in [3.63, 3.8) is 0 Å². The van der Waals surface area contributed by atoms with E-state index in [0.717, 1.165) is 32.1 Å². The average Bonchev–Trinajstić information content (AvgIpc) is 2.37. The summed E-state index contributed by atoms with van der Waals surface area (Å²) in [6.07, 6.45) is 5.31. The van der Waals surface area contributed by atoms with E-state index in [4.69, 9.17) is 0 Å². The molecule has 0 fully saturated rings. The van der Waals surface area contributed by atoms with Gasteiger partial charge < -0.3 is 5.32 Å². The van der Waals surface area contributed by atoms with Crippen molar-refractivity contribution in [2.24, 2.45) is 0 Å². The highest BCUT2D eigenvalue weighted by Gasteiger charge is 2.29. The summed E-state index contributed by atoms with van der Waals surface area (Å²) in [5, 5.41) is 3.23. The summed E-state index contributed by atoms with van der Waals surface area (Å²) in [5.74, 6) is 0.242. The van der Waals surface area contributed by atoms with E-state index < -0.39 is 0 Å². The van der Waals surface area contributed by atoms with Crippen molar-refractivity contribution in [3.8, 4) is 0 Å². The minimum Gasteiger partial charge on any atom is -0.351 e. The maximum absolute atomic E-state index is 12.5. The summed E-state index contributed by atoms with van der Waals surface area (Å²) in [6, 6.07) is 8.39. The number of benzene rings is 1. The van der Waals surface area contributed by atoms with Crippen LogP contribution in [0.2, 0.25) is 0 Å². The quantitative estimate of drug-likeness (QED) is 0.875. The summed E-state index contributed by atoms with van der Waals surface area (Å²) >= 11 is 0. The van der Waals surface area contributed by atoms with Gasteiger partial charge in [0.15, 0.2) is 0 Å². The van der Waals surface area contributed by atoms with Gasteiger partial charge in [-0.1, -0.05) is 37.6 Å². The second-order valence-electron chi connectivity index (χ2n) is 6.27. The van der Waals surface area contributed by atoms with E-state index in [0.29, 0.717) is 0 Å². The first-order valence-corrected chi connectivity index (χ1v) is 7.43. The maximum atomic E-state index is 12.5. The third-order valence-electron chi connectivity index (χ3n) is 4.02. The third-order valence-corrected chi connectivity index (χ3v) is 4.02. The second kappa shape index (κ2) is 5.77. The lowest BCUT2D eigenvalue weighted by atomic mass is 9.82. The van der Waals surface area contributed by atoms with E-state index in [1.807, 2.05) is 6.07 Å². The number of carbonyl (C=O) groups excluding carboxylic acids is 1. The molecule has 104 valence electrons.